The first-order valence-electron chi connectivity index (χ1n) is 8.58. The topological polar surface area (TPSA) is 70.6 Å². The summed E-state index contributed by atoms with van der Waals surface area (Å²) in [7, 11) is 0. The number of ether oxygens (including phenoxy) is 1. The number of amides is 2. The third-order valence-corrected chi connectivity index (χ3v) is 4.39. The van der Waals surface area contributed by atoms with Crippen molar-refractivity contribution in [3.63, 3.8) is 0 Å². The molecule has 128 valence electrons. The molecule has 1 aliphatic carbocycles. The molecule has 1 aromatic rings. The van der Waals surface area contributed by atoms with E-state index in [4.69, 9.17) is 4.74 Å². The lowest BCUT2D eigenvalue weighted by Crippen LogP contribution is -2.43. The molecule has 0 radical (unpaired) electrons. The molecular weight excluding hydrogens is 292 g/mol. The first-order chi connectivity index (χ1) is 11.2. The summed E-state index contributed by atoms with van der Waals surface area (Å²) in [6.45, 7) is 3.38. The van der Waals surface area contributed by atoms with Crippen molar-refractivity contribution >= 4 is 11.7 Å². The molecule has 1 saturated carbocycles. The van der Waals surface area contributed by atoms with Crippen molar-refractivity contribution in [2.24, 2.45) is 5.92 Å². The van der Waals surface area contributed by atoms with E-state index in [2.05, 4.69) is 10.6 Å². The summed E-state index contributed by atoms with van der Waals surface area (Å²) in [6, 6.07) is 7.52. The van der Waals surface area contributed by atoms with Gasteiger partial charge in [0.15, 0.2) is 0 Å². The van der Waals surface area contributed by atoms with Crippen LogP contribution in [0.4, 0.5) is 10.5 Å². The number of anilines is 1. The third kappa shape index (κ3) is 5.84. The number of rotatable bonds is 6. The fourth-order valence-electron chi connectivity index (χ4n) is 3.03. The van der Waals surface area contributed by atoms with Crippen molar-refractivity contribution in [3.8, 4) is 0 Å². The first kappa shape index (κ1) is 17.8. The van der Waals surface area contributed by atoms with Crippen molar-refractivity contribution in [1.82, 2.24) is 5.32 Å². The summed E-state index contributed by atoms with van der Waals surface area (Å²) >= 11 is 0. The maximum atomic E-state index is 12.2. The second-order valence-electron chi connectivity index (χ2n) is 6.12. The van der Waals surface area contributed by atoms with Crippen LogP contribution in [0.2, 0.25) is 0 Å². The molecule has 2 amide bonds. The van der Waals surface area contributed by atoms with Crippen molar-refractivity contribution in [2.75, 3.05) is 18.5 Å². The van der Waals surface area contributed by atoms with Crippen LogP contribution >= 0.6 is 0 Å². The maximum Gasteiger partial charge on any atom is 0.319 e. The molecule has 0 saturated heterocycles. The fraction of sp³-hybridized carbons (Fsp3) is 0.611. The van der Waals surface area contributed by atoms with Crippen LogP contribution in [0.3, 0.4) is 0 Å². The van der Waals surface area contributed by atoms with Gasteiger partial charge in [0, 0.05) is 30.9 Å². The standard InChI is InChI=1S/C18H28N2O3/c1-2-23-13-14-8-10-16(11-9-14)19-18(22)20-17-7-5-3-4-6-15(17)12-21/h8-11,15,17,21H,2-7,12-13H2,1H3,(H2,19,20,22). The van der Waals surface area contributed by atoms with Crippen LogP contribution in [0.25, 0.3) is 0 Å². The van der Waals surface area contributed by atoms with Gasteiger partial charge in [0.2, 0.25) is 0 Å². The van der Waals surface area contributed by atoms with Crippen LogP contribution in [0.1, 0.15) is 44.6 Å². The summed E-state index contributed by atoms with van der Waals surface area (Å²) in [4.78, 5) is 12.2. The van der Waals surface area contributed by atoms with Crippen LogP contribution in [0, 0.1) is 5.92 Å². The fourth-order valence-corrected chi connectivity index (χ4v) is 3.03. The largest absolute Gasteiger partial charge is 0.396 e. The molecule has 5 nitrogen and oxygen atoms in total. The highest BCUT2D eigenvalue weighted by molar-refractivity contribution is 5.89. The number of hydrogen-bond donors (Lipinski definition) is 3. The van der Waals surface area contributed by atoms with E-state index in [9.17, 15) is 9.90 Å². The second-order valence-corrected chi connectivity index (χ2v) is 6.12. The molecule has 1 fully saturated rings. The highest BCUT2D eigenvalue weighted by Crippen LogP contribution is 2.23. The van der Waals surface area contributed by atoms with E-state index in [0.29, 0.717) is 13.2 Å². The Morgan fingerprint density at radius 3 is 2.65 bits per heavy atom. The normalized spacial score (nSPS) is 21.5. The molecule has 0 heterocycles. The molecule has 0 aromatic heterocycles. The average Bonchev–Trinajstić information content (AvgIpc) is 2.79. The van der Waals surface area contributed by atoms with Crippen molar-refractivity contribution in [1.29, 1.82) is 0 Å². The lowest BCUT2D eigenvalue weighted by molar-refractivity contribution is 0.134. The SMILES string of the molecule is CCOCc1ccc(NC(=O)NC2CCCCCC2CO)cc1. The Bertz CT molecular complexity index is 476. The molecule has 0 aliphatic heterocycles. The van der Waals surface area contributed by atoms with Gasteiger partial charge < -0.3 is 20.5 Å². The average molecular weight is 320 g/mol. The van der Waals surface area contributed by atoms with Crippen LogP contribution in [0.5, 0.6) is 0 Å². The third-order valence-electron chi connectivity index (χ3n) is 4.39. The van der Waals surface area contributed by atoms with E-state index in [0.717, 1.165) is 36.9 Å². The van der Waals surface area contributed by atoms with Gasteiger partial charge in [-0.1, -0.05) is 31.4 Å². The van der Waals surface area contributed by atoms with Gasteiger partial charge in [-0.15, -0.1) is 0 Å². The van der Waals surface area contributed by atoms with Gasteiger partial charge in [-0.05, 0) is 37.5 Å². The van der Waals surface area contributed by atoms with Gasteiger partial charge in [-0.25, -0.2) is 4.79 Å². The number of aliphatic hydroxyl groups is 1. The molecule has 2 rings (SSSR count). The molecule has 0 spiro atoms. The minimum absolute atomic E-state index is 0.0553. The smallest absolute Gasteiger partial charge is 0.319 e. The highest BCUT2D eigenvalue weighted by Gasteiger charge is 2.24. The zero-order chi connectivity index (χ0) is 16.5. The summed E-state index contributed by atoms with van der Waals surface area (Å²) in [5, 5.41) is 15.4. The monoisotopic (exact) mass is 320 g/mol. The van der Waals surface area contributed by atoms with Crippen LogP contribution < -0.4 is 10.6 Å². The Hall–Kier alpha value is -1.59. The number of hydrogen-bond acceptors (Lipinski definition) is 3. The second kappa shape index (κ2) is 9.53. The maximum absolute atomic E-state index is 12.2. The molecule has 2 atom stereocenters. The summed E-state index contributed by atoms with van der Waals surface area (Å²) in [5.41, 5.74) is 1.85. The Morgan fingerprint density at radius 1 is 1.22 bits per heavy atom. The first-order valence-corrected chi connectivity index (χ1v) is 8.58. The van der Waals surface area contributed by atoms with Gasteiger partial charge >= 0.3 is 6.03 Å². The number of carbonyl (C=O) groups excluding carboxylic acids is 1. The summed E-state index contributed by atoms with van der Waals surface area (Å²) in [6.07, 6.45) is 5.33. The number of benzene rings is 1. The molecule has 1 aliphatic rings. The molecule has 0 bridgehead atoms. The Labute approximate surface area is 138 Å². The number of urea groups is 1. The number of nitrogens with one attached hydrogen (secondary N) is 2. The van der Waals surface area contributed by atoms with E-state index < -0.39 is 0 Å². The van der Waals surface area contributed by atoms with Gasteiger partial charge in [-0.2, -0.15) is 0 Å². The van der Waals surface area contributed by atoms with Gasteiger partial charge in [0.25, 0.3) is 0 Å². The zero-order valence-corrected chi connectivity index (χ0v) is 13.9. The predicted octanol–water partition coefficient (Wildman–Crippen LogP) is 3.29. The lowest BCUT2D eigenvalue weighted by Gasteiger charge is -2.24. The Balaban J connectivity index is 1.85. The van der Waals surface area contributed by atoms with E-state index in [1.807, 2.05) is 31.2 Å². The Morgan fingerprint density at radius 2 is 1.96 bits per heavy atom. The summed E-state index contributed by atoms with van der Waals surface area (Å²) < 4.78 is 5.35. The quantitative estimate of drug-likeness (QED) is 0.704. The van der Waals surface area contributed by atoms with Crippen molar-refractivity contribution in [3.05, 3.63) is 29.8 Å². The van der Waals surface area contributed by atoms with Crippen LogP contribution in [-0.2, 0) is 11.3 Å². The van der Waals surface area contributed by atoms with Gasteiger partial charge in [0.1, 0.15) is 0 Å². The van der Waals surface area contributed by atoms with E-state index in [-0.39, 0.29) is 24.6 Å². The van der Waals surface area contributed by atoms with Crippen molar-refractivity contribution in [2.45, 2.75) is 51.7 Å². The molecular formula is C18H28N2O3. The molecule has 2 unspecified atom stereocenters. The minimum Gasteiger partial charge on any atom is -0.396 e. The van der Waals surface area contributed by atoms with Crippen molar-refractivity contribution < 1.29 is 14.6 Å². The molecule has 5 heteroatoms. The zero-order valence-electron chi connectivity index (χ0n) is 13.9. The van der Waals surface area contributed by atoms with E-state index >= 15 is 0 Å². The molecule has 3 N–H and O–H groups in total. The van der Waals surface area contributed by atoms with Gasteiger partial charge in [0.05, 0.1) is 6.61 Å². The molecule has 23 heavy (non-hydrogen) atoms. The van der Waals surface area contributed by atoms with Crippen LogP contribution in [-0.4, -0.2) is 30.4 Å². The Kier molecular flexibility index (Phi) is 7.36. The highest BCUT2D eigenvalue weighted by atomic mass is 16.5. The van der Waals surface area contributed by atoms with Crippen LogP contribution in [0.15, 0.2) is 24.3 Å². The molecule has 1 aromatic carbocycles. The number of aliphatic hydroxyl groups excluding tert-OH is 1. The minimum atomic E-state index is -0.201. The summed E-state index contributed by atoms with van der Waals surface area (Å²) in [5.74, 6) is 0.164. The predicted molar refractivity (Wildman–Crippen MR) is 91.4 cm³/mol. The van der Waals surface area contributed by atoms with E-state index in [1.54, 1.807) is 0 Å². The van der Waals surface area contributed by atoms with E-state index in [1.165, 1.54) is 6.42 Å². The number of carbonyl (C=O) groups is 1. The van der Waals surface area contributed by atoms with Gasteiger partial charge in [-0.3, -0.25) is 0 Å². The lowest BCUT2D eigenvalue weighted by atomic mass is 9.96.